The predicted octanol–water partition coefficient (Wildman–Crippen LogP) is 4.91. The SMILES string of the molecule is CC(=O)c1ccc(Cn2ccc(NC(=O)c3nc(CCC(=O)OC(C)(C)C)oc3-c3ccccc3)n2)o1. The van der Waals surface area contributed by atoms with Crippen LogP contribution in [0.4, 0.5) is 5.82 Å². The highest BCUT2D eigenvalue weighted by Crippen LogP contribution is 2.26. The van der Waals surface area contributed by atoms with Crippen LogP contribution in [0, 0.1) is 0 Å². The number of anilines is 1. The molecule has 37 heavy (non-hydrogen) atoms. The van der Waals surface area contributed by atoms with Gasteiger partial charge in [0.05, 0.1) is 13.0 Å². The third-order valence-electron chi connectivity index (χ3n) is 5.09. The number of nitrogens with one attached hydrogen (secondary N) is 1. The molecule has 0 atom stereocenters. The second-order valence-electron chi connectivity index (χ2n) is 9.41. The molecule has 10 heteroatoms. The van der Waals surface area contributed by atoms with Crippen LogP contribution in [0.3, 0.4) is 0 Å². The Bertz CT molecular complexity index is 1410. The summed E-state index contributed by atoms with van der Waals surface area (Å²) in [5.41, 5.74) is 0.162. The van der Waals surface area contributed by atoms with E-state index in [0.717, 1.165) is 0 Å². The highest BCUT2D eigenvalue weighted by molar-refractivity contribution is 6.06. The van der Waals surface area contributed by atoms with Gasteiger partial charge >= 0.3 is 5.97 Å². The highest BCUT2D eigenvalue weighted by atomic mass is 16.6. The van der Waals surface area contributed by atoms with Crippen LogP contribution < -0.4 is 5.32 Å². The number of benzene rings is 1. The van der Waals surface area contributed by atoms with Crippen molar-refractivity contribution >= 4 is 23.5 Å². The third kappa shape index (κ3) is 6.81. The van der Waals surface area contributed by atoms with E-state index < -0.39 is 11.5 Å². The van der Waals surface area contributed by atoms with E-state index in [9.17, 15) is 14.4 Å². The fraction of sp³-hybridized carbons (Fsp3) is 0.296. The maximum absolute atomic E-state index is 13.2. The van der Waals surface area contributed by atoms with Crippen LogP contribution in [0.2, 0.25) is 0 Å². The van der Waals surface area contributed by atoms with E-state index in [1.807, 2.05) is 30.3 Å². The van der Waals surface area contributed by atoms with Crippen LogP contribution in [-0.2, 0) is 22.5 Å². The molecule has 0 radical (unpaired) electrons. The molecule has 192 valence electrons. The van der Waals surface area contributed by atoms with Crippen LogP contribution in [0.25, 0.3) is 11.3 Å². The zero-order chi connectivity index (χ0) is 26.6. The van der Waals surface area contributed by atoms with E-state index in [2.05, 4.69) is 15.4 Å². The van der Waals surface area contributed by atoms with Gasteiger partial charge in [-0.2, -0.15) is 5.10 Å². The molecule has 0 unspecified atom stereocenters. The first-order valence-electron chi connectivity index (χ1n) is 11.8. The zero-order valence-electron chi connectivity index (χ0n) is 21.1. The summed E-state index contributed by atoms with van der Waals surface area (Å²) >= 11 is 0. The number of carbonyl (C=O) groups is 3. The Labute approximate surface area is 213 Å². The van der Waals surface area contributed by atoms with Crippen molar-refractivity contribution in [2.45, 2.75) is 52.7 Å². The van der Waals surface area contributed by atoms with Crippen LogP contribution in [0.15, 0.2) is 63.6 Å². The Morgan fingerprint density at radius 1 is 1.03 bits per heavy atom. The van der Waals surface area contributed by atoms with Gasteiger partial charge < -0.3 is 18.9 Å². The number of ketones is 1. The van der Waals surface area contributed by atoms with Crippen molar-refractivity contribution in [1.82, 2.24) is 14.8 Å². The molecule has 0 saturated carbocycles. The Morgan fingerprint density at radius 3 is 2.46 bits per heavy atom. The Kier molecular flexibility index (Phi) is 7.37. The molecule has 0 saturated heterocycles. The summed E-state index contributed by atoms with van der Waals surface area (Å²) < 4.78 is 18.3. The lowest BCUT2D eigenvalue weighted by Gasteiger charge is -2.19. The second kappa shape index (κ2) is 10.7. The summed E-state index contributed by atoms with van der Waals surface area (Å²) in [6.07, 6.45) is 1.93. The molecule has 0 aliphatic heterocycles. The minimum atomic E-state index is -0.593. The number of aryl methyl sites for hydroxylation is 1. The van der Waals surface area contributed by atoms with E-state index in [1.165, 1.54) is 6.92 Å². The summed E-state index contributed by atoms with van der Waals surface area (Å²) in [6, 6.07) is 14.1. The van der Waals surface area contributed by atoms with Gasteiger partial charge in [-0.3, -0.25) is 19.1 Å². The van der Waals surface area contributed by atoms with Gasteiger partial charge in [-0.25, -0.2) is 4.98 Å². The lowest BCUT2D eigenvalue weighted by Crippen LogP contribution is -2.24. The van der Waals surface area contributed by atoms with Crippen molar-refractivity contribution < 1.29 is 28.0 Å². The number of hydrogen-bond donors (Lipinski definition) is 1. The number of esters is 1. The molecule has 0 spiro atoms. The van der Waals surface area contributed by atoms with Gasteiger partial charge in [0, 0.05) is 31.2 Å². The second-order valence-corrected chi connectivity index (χ2v) is 9.41. The number of nitrogens with zero attached hydrogens (tertiary/aromatic N) is 3. The van der Waals surface area contributed by atoms with Crippen molar-refractivity contribution in [2.24, 2.45) is 0 Å². The third-order valence-corrected chi connectivity index (χ3v) is 5.09. The Balaban J connectivity index is 1.49. The lowest BCUT2D eigenvalue weighted by atomic mass is 10.1. The van der Waals surface area contributed by atoms with Crippen molar-refractivity contribution in [3.63, 3.8) is 0 Å². The molecule has 10 nitrogen and oxygen atoms in total. The number of oxazole rings is 1. The van der Waals surface area contributed by atoms with Crippen molar-refractivity contribution in [2.75, 3.05) is 5.32 Å². The van der Waals surface area contributed by atoms with Crippen molar-refractivity contribution in [3.05, 3.63) is 77.8 Å². The lowest BCUT2D eigenvalue weighted by molar-refractivity contribution is -0.154. The first kappa shape index (κ1) is 25.6. The predicted molar refractivity (Wildman–Crippen MR) is 134 cm³/mol. The molecular formula is C27H28N4O6. The normalized spacial score (nSPS) is 11.4. The molecule has 3 heterocycles. The number of rotatable bonds is 9. The van der Waals surface area contributed by atoms with Gasteiger partial charge in [0.2, 0.25) is 0 Å². The monoisotopic (exact) mass is 504 g/mol. The van der Waals surface area contributed by atoms with E-state index >= 15 is 0 Å². The summed E-state index contributed by atoms with van der Waals surface area (Å²) in [5.74, 6) is 0.640. The molecule has 1 N–H and O–H groups in total. The first-order valence-corrected chi connectivity index (χ1v) is 11.8. The molecule has 0 aliphatic rings. The Morgan fingerprint density at radius 2 is 1.78 bits per heavy atom. The molecular weight excluding hydrogens is 476 g/mol. The van der Waals surface area contributed by atoms with E-state index in [4.69, 9.17) is 13.6 Å². The molecule has 3 aromatic heterocycles. The van der Waals surface area contributed by atoms with Gasteiger partial charge in [0.15, 0.2) is 34.7 Å². The number of Topliss-reactive ketones (excluding diaryl/α,β-unsaturated/α-hetero) is 1. The minimum Gasteiger partial charge on any atom is -0.460 e. The first-order chi connectivity index (χ1) is 17.6. The molecule has 1 amide bonds. The number of ether oxygens (including phenoxy) is 1. The number of aromatic nitrogens is 3. The highest BCUT2D eigenvalue weighted by Gasteiger charge is 2.23. The standard InChI is InChI=1S/C27H28N4O6/c1-17(32)20-11-10-19(35-20)16-31-15-14-21(30-31)28-26(34)24-25(18-8-6-5-7-9-18)36-22(29-24)12-13-23(33)37-27(2,3)4/h5-11,14-15H,12-13,16H2,1-4H3,(H,28,30,34). The number of carbonyl (C=O) groups excluding carboxylic acids is 3. The average molecular weight is 505 g/mol. The molecule has 0 fully saturated rings. The molecule has 0 bridgehead atoms. The summed E-state index contributed by atoms with van der Waals surface area (Å²) in [6.45, 7) is 7.11. The number of amides is 1. The van der Waals surface area contributed by atoms with Crippen LogP contribution in [0.1, 0.15) is 66.8 Å². The topological polar surface area (TPSA) is 129 Å². The van der Waals surface area contributed by atoms with Crippen LogP contribution in [-0.4, -0.2) is 38.0 Å². The Hall–Kier alpha value is -4.47. The van der Waals surface area contributed by atoms with Gasteiger partial charge in [0.1, 0.15) is 11.4 Å². The summed E-state index contributed by atoms with van der Waals surface area (Å²) in [7, 11) is 0. The smallest absolute Gasteiger partial charge is 0.306 e. The molecule has 1 aromatic carbocycles. The molecule has 4 aromatic rings. The van der Waals surface area contributed by atoms with Gasteiger partial charge in [-0.05, 0) is 32.9 Å². The van der Waals surface area contributed by atoms with E-state index in [-0.39, 0.29) is 48.5 Å². The van der Waals surface area contributed by atoms with Gasteiger partial charge in [-0.1, -0.05) is 30.3 Å². The van der Waals surface area contributed by atoms with Crippen LogP contribution >= 0.6 is 0 Å². The zero-order valence-corrected chi connectivity index (χ0v) is 21.1. The van der Waals surface area contributed by atoms with E-state index in [1.54, 1.807) is 49.8 Å². The fourth-order valence-electron chi connectivity index (χ4n) is 3.52. The molecule has 0 aliphatic carbocycles. The maximum atomic E-state index is 13.2. The number of hydrogen-bond acceptors (Lipinski definition) is 8. The quantitative estimate of drug-likeness (QED) is 0.251. The van der Waals surface area contributed by atoms with Gasteiger partial charge in [0.25, 0.3) is 5.91 Å². The maximum Gasteiger partial charge on any atom is 0.306 e. The molecule has 4 rings (SSSR count). The van der Waals surface area contributed by atoms with E-state index in [0.29, 0.717) is 22.9 Å². The average Bonchev–Trinajstić information content (AvgIpc) is 3.57. The summed E-state index contributed by atoms with van der Waals surface area (Å²) in [5, 5.41) is 7.09. The fourth-order valence-corrected chi connectivity index (χ4v) is 3.52. The van der Waals surface area contributed by atoms with Gasteiger partial charge in [-0.15, -0.1) is 0 Å². The van der Waals surface area contributed by atoms with Crippen molar-refractivity contribution in [3.8, 4) is 11.3 Å². The largest absolute Gasteiger partial charge is 0.460 e. The van der Waals surface area contributed by atoms with Crippen LogP contribution in [0.5, 0.6) is 0 Å². The minimum absolute atomic E-state index is 0.0651. The van der Waals surface area contributed by atoms with Crippen molar-refractivity contribution in [1.29, 1.82) is 0 Å². The summed E-state index contributed by atoms with van der Waals surface area (Å²) in [4.78, 5) is 41.1. The number of furan rings is 1.